The van der Waals surface area contributed by atoms with Crippen LogP contribution in [-0.2, 0) is 18.4 Å². The zero-order valence-corrected chi connectivity index (χ0v) is 18.6. The molecule has 0 aliphatic rings. The van der Waals surface area contributed by atoms with Crippen molar-refractivity contribution in [2.75, 3.05) is 13.2 Å². The van der Waals surface area contributed by atoms with Crippen molar-refractivity contribution in [3.05, 3.63) is 48.6 Å². The number of phosphoric acid groups is 1. The van der Waals surface area contributed by atoms with Gasteiger partial charge in [-0.25, -0.2) is 4.57 Å². The second-order valence-electron chi connectivity index (χ2n) is 6.53. The van der Waals surface area contributed by atoms with Gasteiger partial charge in [0.1, 0.15) is 0 Å². The van der Waals surface area contributed by atoms with Crippen molar-refractivity contribution in [1.82, 2.24) is 0 Å². The van der Waals surface area contributed by atoms with Gasteiger partial charge in [-0.2, -0.15) is 0 Å². The number of unbranched alkanes of at least 4 members (excludes halogenated alkanes) is 4. The molecule has 3 N–H and O–H groups in total. The standard InChI is InChI=1S/C22H38NO5P/c1-2-3-4-5-6-7-8-9-10-11-12-13-14-15-16-17-18-19-22(24)28-29(25,26)27-21-20-23/h6-7,9-10,12-13,15-16H,2-5,8,11,14,17-21,23H2,1H3,(H,25,26). The lowest BCUT2D eigenvalue weighted by molar-refractivity contribution is -0.136. The summed E-state index contributed by atoms with van der Waals surface area (Å²) >= 11 is 0. The average Bonchev–Trinajstić information content (AvgIpc) is 2.68. The third-order valence-electron chi connectivity index (χ3n) is 3.80. The van der Waals surface area contributed by atoms with Crippen LogP contribution in [0.5, 0.6) is 0 Å². The van der Waals surface area contributed by atoms with Crippen LogP contribution in [0.25, 0.3) is 0 Å². The van der Waals surface area contributed by atoms with Crippen molar-refractivity contribution in [2.24, 2.45) is 5.73 Å². The molecule has 0 radical (unpaired) electrons. The molecule has 0 rings (SSSR count). The summed E-state index contributed by atoms with van der Waals surface area (Å²) in [7, 11) is -4.32. The molecule has 0 aliphatic carbocycles. The number of rotatable bonds is 18. The van der Waals surface area contributed by atoms with Gasteiger partial charge in [-0.15, -0.1) is 0 Å². The highest BCUT2D eigenvalue weighted by molar-refractivity contribution is 7.48. The number of hydrogen-bond acceptors (Lipinski definition) is 5. The number of hydrogen-bond donors (Lipinski definition) is 2. The van der Waals surface area contributed by atoms with Crippen LogP contribution in [0.3, 0.4) is 0 Å². The second kappa shape index (κ2) is 19.8. The Labute approximate surface area is 176 Å². The molecule has 0 aromatic carbocycles. The minimum atomic E-state index is -4.32. The SMILES string of the molecule is CCCCCC=CCC=CCC=CCC=CCCCC(=O)OP(=O)(O)OCCN. The molecule has 1 unspecified atom stereocenters. The van der Waals surface area contributed by atoms with Crippen molar-refractivity contribution in [3.8, 4) is 0 Å². The fourth-order valence-electron chi connectivity index (χ4n) is 2.29. The Morgan fingerprint density at radius 1 is 0.897 bits per heavy atom. The highest BCUT2D eigenvalue weighted by Crippen LogP contribution is 2.43. The van der Waals surface area contributed by atoms with Gasteiger partial charge in [-0.1, -0.05) is 68.4 Å². The van der Waals surface area contributed by atoms with Gasteiger partial charge in [0.25, 0.3) is 0 Å². The first kappa shape index (κ1) is 27.5. The summed E-state index contributed by atoms with van der Waals surface area (Å²) < 4.78 is 20.3. The lowest BCUT2D eigenvalue weighted by atomic mass is 10.2. The fraction of sp³-hybridized carbons (Fsp3) is 0.591. The van der Waals surface area contributed by atoms with E-state index >= 15 is 0 Å². The molecule has 166 valence electrons. The monoisotopic (exact) mass is 427 g/mol. The van der Waals surface area contributed by atoms with Crippen LogP contribution in [-0.4, -0.2) is 24.0 Å². The van der Waals surface area contributed by atoms with Crippen molar-refractivity contribution in [2.45, 2.75) is 71.1 Å². The first-order valence-corrected chi connectivity index (χ1v) is 12.0. The van der Waals surface area contributed by atoms with E-state index in [-0.39, 0.29) is 19.6 Å². The first-order valence-electron chi connectivity index (χ1n) is 10.5. The summed E-state index contributed by atoms with van der Waals surface area (Å²) in [6.45, 7) is 2.16. The summed E-state index contributed by atoms with van der Waals surface area (Å²) in [6, 6.07) is 0. The zero-order chi connectivity index (χ0) is 21.6. The van der Waals surface area contributed by atoms with Gasteiger partial charge in [0.2, 0.25) is 0 Å². The molecule has 0 fully saturated rings. The van der Waals surface area contributed by atoms with Crippen LogP contribution in [0, 0.1) is 0 Å². The third-order valence-corrected chi connectivity index (χ3v) is 4.74. The molecule has 7 heteroatoms. The largest absolute Gasteiger partial charge is 0.529 e. The van der Waals surface area contributed by atoms with Gasteiger partial charge in [0, 0.05) is 13.0 Å². The average molecular weight is 428 g/mol. The van der Waals surface area contributed by atoms with Gasteiger partial charge in [0.15, 0.2) is 0 Å². The van der Waals surface area contributed by atoms with E-state index in [0.29, 0.717) is 12.8 Å². The Balaban J connectivity index is 3.65. The maximum absolute atomic E-state index is 11.5. The Morgan fingerprint density at radius 3 is 1.93 bits per heavy atom. The number of allylic oxidation sites excluding steroid dienone is 8. The molecule has 0 amide bonds. The number of carbonyl (C=O) groups is 1. The first-order chi connectivity index (χ1) is 14.0. The molecular weight excluding hydrogens is 389 g/mol. The summed E-state index contributed by atoms with van der Waals surface area (Å²) in [4.78, 5) is 20.7. The van der Waals surface area contributed by atoms with E-state index in [9.17, 15) is 14.3 Å². The molecule has 1 atom stereocenters. The minimum absolute atomic E-state index is 0.0640. The van der Waals surface area contributed by atoms with E-state index in [2.05, 4.69) is 52.4 Å². The van der Waals surface area contributed by atoms with E-state index in [0.717, 1.165) is 19.3 Å². The summed E-state index contributed by atoms with van der Waals surface area (Å²) in [6.07, 6.45) is 26.2. The van der Waals surface area contributed by atoms with Crippen LogP contribution >= 0.6 is 7.82 Å². The predicted molar refractivity (Wildman–Crippen MR) is 119 cm³/mol. The smallest absolute Gasteiger partial charge is 0.371 e. The molecule has 0 aliphatic heterocycles. The molecule has 0 aromatic rings. The van der Waals surface area contributed by atoms with E-state index < -0.39 is 13.8 Å². The quantitative estimate of drug-likeness (QED) is 0.164. The summed E-state index contributed by atoms with van der Waals surface area (Å²) in [5.74, 6) is -0.747. The van der Waals surface area contributed by atoms with Crippen molar-refractivity contribution >= 4 is 13.8 Å². The number of nitrogens with two attached hydrogens (primary N) is 1. The Bertz CT molecular complexity index is 570. The zero-order valence-electron chi connectivity index (χ0n) is 17.7. The molecule has 6 nitrogen and oxygen atoms in total. The van der Waals surface area contributed by atoms with Crippen molar-refractivity contribution < 1.29 is 23.3 Å². The van der Waals surface area contributed by atoms with Crippen molar-refractivity contribution in [1.29, 1.82) is 0 Å². The van der Waals surface area contributed by atoms with E-state index in [1.165, 1.54) is 25.7 Å². The van der Waals surface area contributed by atoms with Gasteiger partial charge in [-0.3, -0.25) is 14.2 Å². The summed E-state index contributed by atoms with van der Waals surface area (Å²) in [5.41, 5.74) is 5.16. The molecule has 0 heterocycles. The molecule has 0 spiro atoms. The fourth-order valence-corrected chi connectivity index (χ4v) is 3.03. The highest BCUT2D eigenvalue weighted by Gasteiger charge is 2.25. The molecular formula is C22H38NO5P. The van der Waals surface area contributed by atoms with Crippen LogP contribution in [0.2, 0.25) is 0 Å². The lowest BCUT2D eigenvalue weighted by Crippen LogP contribution is -2.10. The molecule has 0 saturated carbocycles. The normalized spacial score (nSPS) is 14.4. The number of carbonyl (C=O) groups excluding carboxylic acids is 1. The second-order valence-corrected chi connectivity index (χ2v) is 7.91. The van der Waals surface area contributed by atoms with Crippen LogP contribution in [0.1, 0.15) is 71.1 Å². The molecule has 0 bridgehead atoms. The molecule has 0 saturated heterocycles. The van der Waals surface area contributed by atoms with Gasteiger partial charge >= 0.3 is 13.8 Å². The Kier molecular flexibility index (Phi) is 18.8. The van der Waals surface area contributed by atoms with Gasteiger partial charge in [0.05, 0.1) is 6.61 Å². The minimum Gasteiger partial charge on any atom is -0.371 e. The van der Waals surface area contributed by atoms with E-state index in [4.69, 9.17) is 5.73 Å². The Morgan fingerprint density at radius 2 is 1.41 bits per heavy atom. The summed E-state index contributed by atoms with van der Waals surface area (Å²) in [5, 5.41) is 0. The van der Waals surface area contributed by atoms with Crippen LogP contribution in [0.4, 0.5) is 0 Å². The van der Waals surface area contributed by atoms with E-state index in [1.807, 2.05) is 12.2 Å². The number of phosphoric ester groups is 1. The highest BCUT2D eigenvalue weighted by atomic mass is 31.2. The van der Waals surface area contributed by atoms with Gasteiger partial charge < -0.3 is 10.3 Å². The van der Waals surface area contributed by atoms with Crippen LogP contribution in [0.15, 0.2) is 48.6 Å². The van der Waals surface area contributed by atoms with Gasteiger partial charge in [-0.05, 0) is 44.9 Å². The lowest BCUT2D eigenvalue weighted by Gasteiger charge is -2.10. The maximum Gasteiger partial charge on any atom is 0.529 e. The van der Waals surface area contributed by atoms with E-state index in [1.54, 1.807) is 0 Å². The van der Waals surface area contributed by atoms with Crippen LogP contribution < -0.4 is 5.73 Å². The molecule has 29 heavy (non-hydrogen) atoms. The topological polar surface area (TPSA) is 98.9 Å². The van der Waals surface area contributed by atoms with Crippen molar-refractivity contribution in [3.63, 3.8) is 0 Å². The maximum atomic E-state index is 11.5. The third kappa shape index (κ3) is 21.1. The Hall–Kier alpha value is -1.46. The predicted octanol–water partition coefficient (Wildman–Crippen LogP) is 5.75. The molecule has 0 aromatic heterocycles.